The molecule has 0 aromatic carbocycles. The zero-order valence-electron chi connectivity index (χ0n) is 11.7. The summed E-state index contributed by atoms with van der Waals surface area (Å²) in [4.78, 5) is 25.3. The molecule has 1 amide bonds. The molecule has 1 heterocycles. The average Bonchev–Trinajstić information content (AvgIpc) is 2.86. The Hall–Kier alpha value is -1.10. The first kappa shape index (κ1) is 14.3. The van der Waals surface area contributed by atoms with E-state index >= 15 is 0 Å². The second kappa shape index (κ2) is 5.49. The summed E-state index contributed by atoms with van der Waals surface area (Å²) < 4.78 is 0. The van der Waals surface area contributed by atoms with Crippen LogP contribution in [0.15, 0.2) is 0 Å². The molecule has 0 spiro atoms. The third-order valence-electron chi connectivity index (χ3n) is 4.73. The van der Waals surface area contributed by atoms with Crippen LogP contribution in [0.2, 0.25) is 0 Å². The van der Waals surface area contributed by atoms with Crippen molar-refractivity contribution in [2.24, 2.45) is 23.5 Å². The molecule has 1 saturated carbocycles. The monoisotopic (exact) mass is 268 g/mol. The highest BCUT2D eigenvalue weighted by atomic mass is 16.4. The summed E-state index contributed by atoms with van der Waals surface area (Å²) in [5.41, 5.74) is 5.93. The van der Waals surface area contributed by atoms with Crippen LogP contribution in [0.3, 0.4) is 0 Å². The van der Waals surface area contributed by atoms with Crippen LogP contribution >= 0.6 is 0 Å². The predicted octanol–water partition coefficient (Wildman–Crippen LogP) is 1.07. The van der Waals surface area contributed by atoms with E-state index in [9.17, 15) is 14.7 Å². The Labute approximate surface area is 114 Å². The molecular formula is C14H24N2O3. The van der Waals surface area contributed by atoms with E-state index in [0.29, 0.717) is 12.5 Å². The van der Waals surface area contributed by atoms with Crippen LogP contribution in [0.1, 0.15) is 39.5 Å². The summed E-state index contributed by atoms with van der Waals surface area (Å²) in [6.07, 6.45) is 3.32. The van der Waals surface area contributed by atoms with Crippen molar-refractivity contribution in [3.8, 4) is 0 Å². The van der Waals surface area contributed by atoms with Crippen LogP contribution in [0.25, 0.3) is 0 Å². The van der Waals surface area contributed by atoms with Gasteiger partial charge in [0.25, 0.3) is 0 Å². The maximum absolute atomic E-state index is 12.3. The van der Waals surface area contributed by atoms with Gasteiger partial charge in [0.2, 0.25) is 5.91 Å². The van der Waals surface area contributed by atoms with Gasteiger partial charge in [0.1, 0.15) is 6.04 Å². The van der Waals surface area contributed by atoms with Crippen LogP contribution in [0.5, 0.6) is 0 Å². The van der Waals surface area contributed by atoms with Gasteiger partial charge in [-0.3, -0.25) is 4.79 Å². The number of hydrogen-bond acceptors (Lipinski definition) is 3. The molecule has 2 rings (SSSR count). The summed E-state index contributed by atoms with van der Waals surface area (Å²) in [5.74, 6) is -0.199. The number of likely N-dealkylation sites (tertiary alicyclic amines) is 1. The number of carbonyl (C=O) groups excluding carboxylic acids is 1. The third-order valence-corrected chi connectivity index (χ3v) is 4.73. The number of amides is 1. The van der Waals surface area contributed by atoms with Crippen LogP contribution in [0, 0.1) is 17.8 Å². The lowest BCUT2D eigenvalue weighted by atomic mass is 9.94. The summed E-state index contributed by atoms with van der Waals surface area (Å²) in [5, 5.41) is 9.40. The number of carbonyl (C=O) groups is 2. The molecule has 0 aromatic heterocycles. The molecule has 1 saturated heterocycles. The maximum atomic E-state index is 12.3. The molecule has 0 aromatic rings. The first-order valence-corrected chi connectivity index (χ1v) is 7.19. The van der Waals surface area contributed by atoms with Gasteiger partial charge in [-0.05, 0) is 30.6 Å². The van der Waals surface area contributed by atoms with Gasteiger partial charge in [-0.25, -0.2) is 4.79 Å². The molecule has 2 fully saturated rings. The van der Waals surface area contributed by atoms with Crippen LogP contribution in [-0.2, 0) is 9.59 Å². The average molecular weight is 268 g/mol. The summed E-state index contributed by atoms with van der Waals surface area (Å²) in [6, 6.07) is -0.818. The zero-order valence-corrected chi connectivity index (χ0v) is 11.7. The molecule has 3 N–H and O–H groups in total. The van der Waals surface area contributed by atoms with Gasteiger partial charge in [-0.15, -0.1) is 0 Å². The van der Waals surface area contributed by atoms with Crippen molar-refractivity contribution in [1.29, 1.82) is 0 Å². The van der Waals surface area contributed by atoms with Crippen molar-refractivity contribution in [3.05, 3.63) is 0 Å². The molecule has 5 heteroatoms. The molecule has 0 radical (unpaired) electrons. The molecule has 2 aliphatic rings. The Kier molecular flexibility index (Phi) is 4.13. The molecule has 5 nitrogen and oxygen atoms in total. The number of carboxylic acid groups (broad SMARTS) is 1. The lowest BCUT2D eigenvalue weighted by Crippen LogP contribution is -2.45. The minimum atomic E-state index is -0.860. The van der Waals surface area contributed by atoms with Crippen LogP contribution < -0.4 is 5.73 Å². The topological polar surface area (TPSA) is 83.6 Å². The maximum Gasteiger partial charge on any atom is 0.326 e. The highest BCUT2D eigenvalue weighted by molar-refractivity contribution is 5.85. The number of nitrogens with zero attached hydrogens (tertiary/aromatic N) is 1. The lowest BCUT2D eigenvalue weighted by molar-refractivity contribution is -0.149. The number of fused-ring (bicyclic) bond motifs is 1. The van der Waals surface area contributed by atoms with Gasteiger partial charge >= 0.3 is 5.97 Å². The van der Waals surface area contributed by atoms with Crippen molar-refractivity contribution in [3.63, 3.8) is 0 Å². The Balaban J connectivity index is 2.06. The Morgan fingerprint density at radius 2 is 2.05 bits per heavy atom. The van der Waals surface area contributed by atoms with E-state index in [1.165, 1.54) is 0 Å². The van der Waals surface area contributed by atoms with Gasteiger partial charge in [0, 0.05) is 19.0 Å². The van der Waals surface area contributed by atoms with Gasteiger partial charge in [0.15, 0.2) is 0 Å². The number of nitrogens with two attached hydrogens (primary N) is 1. The van der Waals surface area contributed by atoms with E-state index in [-0.39, 0.29) is 30.2 Å². The van der Waals surface area contributed by atoms with Gasteiger partial charge < -0.3 is 15.7 Å². The van der Waals surface area contributed by atoms with Crippen molar-refractivity contribution in [2.75, 3.05) is 6.54 Å². The Morgan fingerprint density at radius 1 is 1.37 bits per heavy atom. The van der Waals surface area contributed by atoms with Gasteiger partial charge in [-0.2, -0.15) is 0 Å². The van der Waals surface area contributed by atoms with Crippen molar-refractivity contribution >= 4 is 11.9 Å². The molecule has 4 unspecified atom stereocenters. The molecule has 19 heavy (non-hydrogen) atoms. The Morgan fingerprint density at radius 3 is 2.63 bits per heavy atom. The second-order valence-corrected chi connectivity index (χ2v) is 6.30. The van der Waals surface area contributed by atoms with Crippen molar-refractivity contribution in [1.82, 2.24) is 4.90 Å². The summed E-state index contributed by atoms with van der Waals surface area (Å²) in [7, 11) is 0. The SMILES string of the molecule is CC(C)C(N)CC(=O)N1CC2CCCC2C1C(=O)O. The fourth-order valence-electron chi connectivity index (χ4n) is 3.43. The summed E-state index contributed by atoms with van der Waals surface area (Å²) >= 11 is 0. The summed E-state index contributed by atoms with van der Waals surface area (Å²) in [6.45, 7) is 4.56. The van der Waals surface area contributed by atoms with E-state index in [0.717, 1.165) is 19.3 Å². The lowest BCUT2D eigenvalue weighted by Gasteiger charge is -2.26. The van der Waals surface area contributed by atoms with Gasteiger partial charge in [-0.1, -0.05) is 20.3 Å². The fraction of sp³-hybridized carbons (Fsp3) is 0.857. The van der Waals surface area contributed by atoms with Crippen LogP contribution in [-0.4, -0.2) is 40.5 Å². The van der Waals surface area contributed by atoms with E-state index in [1.807, 2.05) is 13.8 Å². The first-order valence-electron chi connectivity index (χ1n) is 7.19. The Bertz CT molecular complexity index is 370. The van der Waals surface area contributed by atoms with E-state index in [2.05, 4.69) is 0 Å². The number of hydrogen-bond donors (Lipinski definition) is 2. The van der Waals surface area contributed by atoms with E-state index in [4.69, 9.17) is 5.73 Å². The number of rotatable bonds is 4. The smallest absolute Gasteiger partial charge is 0.326 e. The largest absolute Gasteiger partial charge is 0.480 e. The van der Waals surface area contributed by atoms with E-state index in [1.54, 1.807) is 4.90 Å². The minimum absolute atomic E-state index is 0.0944. The highest BCUT2D eigenvalue weighted by Crippen LogP contribution is 2.42. The minimum Gasteiger partial charge on any atom is -0.480 e. The first-order chi connectivity index (χ1) is 8.91. The van der Waals surface area contributed by atoms with Crippen molar-refractivity contribution < 1.29 is 14.7 Å². The normalized spacial score (nSPS) is 31.6. The number of aliphatic carboxylic acids is 1. The quantitative estimate of drug-likeness (QED) is 0.799. The fourth-order valence-corrected chi connectivity index (χ4v) is 3.43. The zero-order chi connectivity index (χ0) is 14.2. The molecule has 1 aliphatic heterocycles. The molecular weight excluding hydrogens is 244 g/mol. The number of carboxylic acids is 1. The molecule has 1 aliphatic carbocycles. The third kappa shape index (κ3) is 2.76. The predicted molar refractivity (Wildman–Crippen MR) is 71.4 cm³/mol. The second-order valence-electron chi connectivity index (χ2n) is 6.30. The molecule has 108 valence electrons. The van der Waals surface area contributed by atoms with E-state index < -0.39 is 12.0 Å². The van der Waals surface area contributed by atoms with Crippen molar-refractivity contribution in [2.45, 2.75) is 51.6 Å². The van der Waals surface area contributed by atoms with Gasteiger partial charge in [0.05, 0.1) is 0 Å². The standard InChI is InChI=1S/C14H24N2O3/c1-8(2)11(15)6-12(17)16-7-9-4-3-5-10(9)13(16)14(18)19/h8-11,13H,3-7,15H2,1-2H3,(H,18,19). The van der Waals surface area contributed by atoms with Crippen LogP contribution in [0.4, 0.5) is 0 Å². The molecule has 0 bridgehead atoms. The highest BCUT2D eigenvalue weighted by Gasteiger charge is 2.49. The molecule has 4 atom stereocenters.